The van der Waals surface area contributed by atoms with E-state index in [1.165, 1.54) is 24.3 Å². The normalized spacial score (nSPS) is 10.6. The lowest BCUT2D eigenvalue weighted by Gasteiger charge is -2.07. The van der Waals surface area contributed by atoms with Gasteiger partial charge in [0.25, 0.3) is 5.91 Å². The van der Waals surface area contributed by atoms with Crippen molar-refractivity contribution in [3.8, 4) is 5.75 Å². The van der Waals surface area contributed by atoms with Crippen molar-refractivity contribution in [3.05, 3.63) is 51.7 Å². The molecule has 0 aliphatic rings. The van der Waals surface area contributed by atoms with Gasteiger partial charge in [0.15, 0.2) is 0 Å². The highest BCUT2D eigenvalue weighted by atomic mass is 32.1. The van der Waals surface area contributed by atoms with Gasteiger partial charge in [0.1, 0.15) is 5.75 Å². The third kappa shape index (κ3) is 3.77. The number of rotatable bonds is 5. The van der Waals surface area contributed by atoms with Gasteiger partial charge in [-0.15, -0.1) is 11.3 Å². The van der Waals surface area contributed by atoms with E-state index in [0.29, 0.717) is 12.1 Å². The number of halogens is 2. The van der Waals surface area contributed by atoms with Crippen LogP contribution in [0, 0.1) is 6.92 Å². The van der Waals surface area contributed by atoms with Crippen LogP contribution in [-0.4, -0.2) is 12.5 Å². The van der Waals surface area contributed by atoms with Crippen molar-refractivity contribution in [1.29, 1.82) is 0 Å². The van der Waals surface area contributed by atoms with Crippen molar-refractivity contribution in [1.82, 2.24) is 5.32 Å². The lowest BCUT2D eigenvalue weighted by Crippen LogP contribution is -2.22. The first-order valence-corrected chi connectivity index (χ1v) is 6.80. The quantitative estimate of drug-likeness (QED) is 0.916. The van der Waals surface area contributed by atoms with Crippen LogP contribution in [0.15, 0.2) is 35.7 Å². The topological polar surface area (TPSA) is 38.3 Å². The molecule has 1 N–H and O–H groups in total. The second kappa shape index (κ2) is 6.47. The molecule has 0 radical (unpaired) electrons. The van der Waals surface area contributed by atoms with E-state index >= 15 is 0 Å². The Morgan fingerprint density at radius 1 is 1.30 bits per heavy atom. The Hall–Kier alpha value is -1.95. The van der Waals surface area contributed by atoms with E-state index in [0.717, 1.165) is 10.4 Å². The summed E-state index contributed by atoms with van der Waals surface area (Å²) in [4.78, 5) is 13.0. The van der Waals surface area contributed by atoms with Gasteiger partial charge in [0.2, 0.25) is 0 Å². The van der Waals surface area contributed by atoms with E-state index in [1.54, 1.807) is 11.3 Å². The molecule has 0 saturated carbocycles. The predicted molar refractivity (Wildman–Crippen MR) is 73.3 cm³/mol. The Kier molecular flexibility index (Phi) is 4.68. The monoisotopic (exact) mass is 297 g/mol. The van der Waals surface area contributed by atoms with Gasteiger partial charge in [-0.3, -0.25) is 4.79 Å². The molecule has 106 valence electrons. The second-order valence-electron chi connectivity index (χ2n) is 4.11. The SMILES string of the molecule is Cc1ccsc1CNC(=O)c1ccc(OC(F)F)cc1. The summed E-state index contributed by atoms with van der Waals surface area (Å²) in [6.07, 6.45) is 0. The van der Waals surface area contributed by atoms with Gasteiger partial charge < -0.3 is 10.1 Å². The van der Waals surface area contributed by atoms with Crippen molar-refractivity contribution >= 4 is 17.2 Å². The molecule has 0 fully saturated rings. The van der Waals surface area contributed by atoms with E-state index < -0.39 is 6.61 Å². The number of aryl methyl sites for hydroxylation is 1. The molecular formula is C14H13F2NO2S. The van der Waals surface area contributed by atoms with Crippen LogP contribution in [0.2, 0.25) is 0 Å². The Morgan fingerprint density at radius 3 is 2.55 bits per heavy atom. The smallest absolute Gasteiger partial charge is 0.387 e. The maximum atomic E-state index is 12.0. The molecule has 1 amide bonds. The highest BCUT2D eigenvalue weighted by molar-refractivity contribution is 7.10. The maximum absolute atomic E-state index is 12.0. The van der Waals surface area contributed by atoms with E-state index in [2.05, 4.69) is 10.1 Å². The summed E-state index contributed by atoms with van der Waals surface area (Å²) in [7, 11) is 0. The zero-order valence-electron chi connectivity index (χ0n) is 10.7. The van der Waals surface area contributed by atoms with Crippen LogP contribution < -0.4 is 10.1 Å². The molecule has 0 aliphatic heterocycles. The third-order valence-corrected chi connectivity index (χ3v) is 3.74. The fourth-order valence-electron chi connectivity index (χ4n) is 1.64. The molecule has 1 heterocycles. The van der Waals surface area contributed by atoms with Crippen LogP contribution in [0.25, 0.3) is 0 Å². The van der Waals surface area contributed by atoms with Crippen LogP contribution in [0.1, 0.15) is 20.8 Å². The Morgan fingerprint density at radius 2 is 2.00 bits per heavy atom. The Bertz CT molecular complexity index is 581. The van der Waals surface area contributed by atoms with Crippen molar-refractivity contribution in [2.24, 2.45) is 0 Å². The first-order chi connectivity index (χ1) is 9.56. The molecule has 1 aromatic heterocycles. The van der Waals surface area contributed by atoms with Crippen LogP contribution in [0.4, 0.5) is 8.78 Å². The van der Waals surface area contributed by atoms with Crippen molar-refractivity contribution < 1.29 is 18.3 Å². The first kappa shape index (κ1) is 14.5. The number of carbonyl (C=O) groups is 1. The summed E-state index contributed by atoms with van der Waals surface area (Å²) < 4.78 is 28.2. The summed E-state index contributed by atoms with van der Waals surface area (Å²) in [6, 6.07) is 7.58. The predicted octanol–water partition coefficient (Wildman–Crippen LogP) is 3.59. The number of benzene rings is 1. The Labute approximate surface area is 119 Å². The van der Waals surface area contributed by atoms with Crippen molar-refractivity contribution in [2.45, 2.75) is 20.1 Å². The van der Waals surface area contributed by atoms with E-state index in [1.807, 2.05) is 18.4 Å². The number of thiophene rings is 1. The second-order valence-corrected chi connectivity index (χ2v) is 5.11. The lowest BCUT2D eigenvalue weighted by molar-refractivity contribution is -0.0498. The van der Waals surface area contributed by atoms with Crippen molar-refractivity contribution in [3.63, 3.8) is 0 Å². The highest BCUT2D eigenvalue weighted by Crippen LogP contribution is 2.16. The van der Waals surface area contributed by atoms with Gasteiger partial charge in [-0.25, -0.2) is 0 Å². The molecule has 0 bridgehead atoms. The van der Waals surface area contributed by atoms with Gasteiger partial charge in [0, 0.05) is 10.4 Å². The molecule has 20 heavy (non-hydrogen) atoms. The molecule has 2 aromatic rings. The maximum Gasteiger partial charge on any atom is 0.387 e. The average molecular weight is 297 g/mol. The molecule has 0 atom stereocenters. The zero-order valence-corrected chi connectivity index (χ0v) is 11.5. The summed E-state index contributed by atoms with van der Waals surface area (Å²) in [5.74, 6) is -0.216. The molecule has 0 spiro atoms. The van der Waals surface area contributed by atoms with Crippen LogP contribution in [-0.2, 0) is 6.54 Å². The van der Waals surface area contributed by atoms with E-state index in [-0.39, 0.29) is 11.7 Å². The van der Waals surface area contributed by atoms with Crippen LogP contribution in [0.3, 0.4) is 0 Å². The van der Waals surface area contributed by atoms with Crippen LogP contribution in [0.5, 0.6) is 5.75 Å². The first-order valence-electron chi connectivity index (χ1n) is 5.92. The van der Waals surface area contributed by atoms with Gasteiger partial charge >= 0.3 is 6.61 Å². The number of alkyl halides is 2. The zero-order chi connectivity index (χ0) is 14.5. The number of ether oxygens (including phenoxy) is 1. The van der Waals surface area contributed by atoms with Crippen LogP contribution >= 0.6 is 11.3 Å². The number of carbonyl (C=O) groups excluding carboxylic acids is 1. The lowest BCUT2D eigenvalue weighted by atomic mass is 10.2. The minimum atomic E-state index is -2.86. The number of hydrogen-bond donors (Lipinski definition) is 1. The summed E-state index contributed by atoms with van der Waals surface area (Å²) in [5.41, 5.74) is 1.54. The molecular weight excluding hydrogens is 284 g/mol. The molecule has 1 aromatic carbocycles. The molecule has 0 aliphatic carbocycles. The minimum absolute atomic E-state index is 0.0330. The van der Waals surface area contributed by atoms with E-state index in [9.17, 15) is 13.6 Å². The molecule has 0 saturated heterocycles. The number of hydrogen-bond acceptors (Lipinski definition) is 3. The summed E-state index contributed by atoms with van der Waals surface area (Å²) >= 11 is 1.58. The average Bonchev–Trinajstić information content (AvgIpc) is 2.82. The van der Waals surface area contributed by atoms with Crippen molar-refractivity contribution in [2.75, 3.05) is 0 Å². The third-order valence-electron chi connectivity index (χ3n) is 2.72. The molecule has 6 heteroatoms. The molecule has 3 nitrogen and oxygen atoms in total. The number of nitrogens with one attached hydrogen (secondary N) is 1. The van der Waals surface area contributed by atoms with E-state index in [4.69, 9.17) is 0 Å². The minimum Gasteiger partial charge on any atom is -0.435 e. The fraction of sp³-hybridized carbons (Fsp3) is 0.214. The summed E-state index contributed by atoms with van der Waals surface area (Å²) in [5, 5.41) is 4.75. The van der Waals surface area contributed by atoms with Gasteiger partial charge in [-0.05, 0) is 48.2 Å². The fourth-order valence-corrected chi connectivity index (χ4v) is 2.48. The molecule has 2 rings (SSSR count). The van der Waals surface area contributed by atoms with Gasteiger partial charge in [-0.1, -0.05) is 0 Å². The number of amides is 1. The van der Waals surface area contributed by atoms with Gasteiger partial charge in [-0.2, -0.15) is 8.78 Å². The standard InChI is InChI=1S/C14H13F2NO2S/c1-9-6-7-20-12(9)8-17-13(18)10-2-4-11(5-3-10)19-14(15)16/h2-7,14H,8H2,1H3,(H,17,18). The summed E-state index contributed by atoms with van der Waals surface area (Å²) in [6.45, 7) is -0.428. The highest BCUT2D eigenvalue weighted by Gasteiger charge is 2.08. The molecule has 0 unspecified atom stereocenters. The largest absolute Gasteiger partial charge is 0.435 e. The Balaban J connectivity index is 1.94. The van der Waals surface area contributed by atoms with Gasteiger partial charge in [0.05, 0.1) is 6.54 Å².